The Labute approximate surface area is 156 Å². The van der Waals surface area contributed by atoms with Crippen molar-refractivity contribution in [2.24, 2.45) is 5.92 Å². The standard InChI is InChI=1S/C19H21ClN4O2/c1-2-3-8-24-19(25)18-21-10-16(23(18)12-22-24)14-6-7-17(15(20)9-14)26-11-13-4-5-13/h6-7,9-10,12-13H,2-5,8,11H2,1H3. The van der Waals surface area contributed by atoms with Crippen molar-refractivity contribution in [3.63, 3.8) is 0 Å². The first-order valence-corrected chi connectivity index (χ1v) is 9.41. The molecule has 2 aromatic heterocycles. The molecular weight excluding hydrogens is 352 g/mol. The Morgan fingerprint density at radius 1 is 1.35 bits per heavy atom. The predicted octanol–water partition coefficient (Wildman–Crippen LogP) is 3.80. The first-order valence-electron chi connectivity index (χ1n) is 9.03. The Kier molecular flexibility index (Phi) is 4.68. The van der Waals surface area contributed by atoms with Crippen molar-refractivity contribution in [3.05, 3.63) is 46.1 Å². The van der Waals surface area contributed by atoms with Crippen molar-refractivity contribution in [1.82, 2.24) is 19.2 Å². The highest BCUT2D eigenvalue weighted by atomic mass is 35.5. The molecule has 26 heavy (non-hydrogen) atoms. The summed E-state index contributed by atoms with van der Waals surface area (Å²) in [4.78, 5) is 16.8. The van der Waals surface area contributed by atoms with Crippen LogP contribution < -0.4 is 10.3 Å². The van der Waals surface area contributed by atoms with E-state index in [-0.39, 0.29) is 5.56 Å². The lowest BCUT2D eigenvalue weighted by Gasteiger charge is -2.09. The van der Waals surface area contributed by atoms with E-state index in [2.05, 4.69) is 17.0 Å². The summed E-state index contributed by atoms with van der Waals surface area (Å²) in [7, 11) is 0. The second-order valence-corrected chi connectivity index (χ2v) is 7.16. The largest absolute Gasteiger partial charge is 0.492 e. The highest BCUT2D eigenvalue weighted by molar-refractivity contribution is 6.32. The fourth-order valence-electron chi connectivity index (χ4n) is 2.87. The molecule has 0 unspecified atom stereocenters. The lowest BCUT2D eigenvalue weighted by molar-refractivity contribution is 0.300. The van der Waals surface area contributed by atoms with E-state index >= 15 is 0 Å². The van der Waals surface area contributed by atoms with Crippen molar-refractivity contribution in [3.8, 4) is 17.0 Å². The summed E-state index contributed by atoms with van der Waals surface area (Å²) in [6, 6.07) is 5.64. The first kappa shape index (κ1) is 17.1. The van der Waals surface area contributed by atoms with Gasteiger partial charge in [-0.05, 0) is 43.4 Å². The van der Waals surface area contributed by atoms with Crippen LogP contribution in [0.5, 0.6) is 5.75 Å². The van der Waals surface area contributed by atoms with Gasteiger partial charge < -0.3 is 4.74 Å². The highest BCUT2D eigenvalue weighted by Gasteiger charge is 2.22. The molecule has 0 saturated heterocycles. The van der Waals surface area contributed by atoms with E-state index in [1.807, 2.05) is 18.2 Å². The van der Waals surface area contributed by atoms with E-state index in [1.54, 1.807) is 16.9 Å². The number of unbranched alkanes of at least 4 members (excludes halogenated alkanes) is 1. The Hall–Kier alpha value is -2.34. The predicted molar refractivity (Wildman–Crippen MR) is 101 cm³/mol. The Morgan fingerprint density at radius 2 is 2.19 bits per heavy atom. The summed E-state index contributed by atoms with van der Waals surface area (Å²) in [5, 5.41) is 4.83. The van der Waals surface area contributed by atoms with Crippen LogP contribution in [-0.4, -0.2) is 25.8 Å². The molecule has 1 aromatic carbocycles. The molecule has 0 atom stereocenters. The second kappa shape index (κ2) is 7.11. The van der Waals surface area contributed by atoms with Crippen molar-refractivity contribution >= 4 is 17.2 Å². The number of aromatic nitrogens is 4. The number of ether oxygens (including phenoxy) is 1. The lowest BCUT2D eigenvalue weighted by Crippen LogP contribution is -2.25. The van der Waals surface area contributed by atoms with Crippen molar-refractivity contribution < 1.29 is 4.74 Å². The van der Waals surface area contributed by atoms with E-state index in [9.17, 15) is 4.79 Å². The molecule has 4 rings (SSSR count). The van der Waals surface area contributed by atoms with E-state index in [1.165, 1.54) is 17.5 Å². The number of rotatable bonds is 7. The average Bonchev–Trinajstić information content (AvgIpc) is 3.37. The Bertz CT molecular complexity index is 991. The minimum Gasteiger partial charge on any atom is -0.492 e. The number of benzene rings is 1. The van der Waals surface area contributed by atoms with Crippen LogP contribution in [0, 0.1) is 5.92 Å². The van der Waals surface area contributed by atoms with Crippen LogP contribution in [-0.2, 0) is 6.54 Å². The van der Waals surface area contributed by atoms with Crippen molar-refractivity contribution in [2.75, 3.05) is 6.61 Å². The number of halogens is 1. The van der Waals surface area contributed by atoms with Gasteiger partial charge in [0.2, 0.25) is 5.65 Å². The van der Waals surface area contributed by atoms with Gasteiger partial charge in [-0.3, -0.25) is 9.20 Å². The highest BCUT2D eigenvalue weighted by Crippen LogP contribution is 2.33. The summed E-state index contributed by atoms with van der Waals surface area (Å²) in [6.45, 7) is 3.40. The molecule has 2 heterocycles. The van der Waals surface area contributed by atoms with Gasteiger partial charge in [-0.1, -0.05) is 24.9 Å². The molecule has 1 saturated carbocycles. The van der Waals surface area contributed by atoms with Crippen LogP contribution in [0.3, 0.4) is 0 Å². The molecule has 136 valence electrons. The molecule has 0 N–H and O–H groups in total. The lowest BCUT2D eigenvalue weighted by atomic mass is 10.1. The molecule has 1 aliphatic carbocycles. The minimum atomic E-state index is -0.178. The van der Waals surface area contributed by atoms with Crippen LogP contribution in [0.1, 0.15) is 32.6 Å². The van der Waals surface area contributed by atoms with Gasteiger partial charge in [-0.15, -0.1) is 0 Å². The quantitative estimate of drug-likeness (QED) is 0.632. The molecule has 6 nitrogen and oxygen atoms in total. The van der Waals surface area contributed by atoms with E-state index in [4.69, 9.17) is 16.3 Å². The maximum atomic E-state index is 12.5. The first-order chi connectivity index (χ1) is 12.7. The van der Waals surface area contributed by atoms with E-state index < -0.39 is 0 Å². The zero-order valence-corrected chi connectivity index (χ0v) is 15.4. The van der Waals surface area contributed by atoms with Crippen molar-refractivity contribution in [1.29, 1.82) is 0 Å². The van der Waals surface area contributed by atoms with Gasteiger partial charge in [0.15, 0.2) is 0 Å². The van der Waals surface area contributed by atoms with Crippen LogP contribution in [0.2, 0.25) is 5.02 Å². The van der Waals surface area contributed by atoms with Gasteiger partial charge in [0.1, 0.15) is 12.1 Å². The molecule has 0 amide bonds. The zero-order valence-electron chi connectivity index (χ0n) is 14.7. The number of hydrogen-bond acceptors (Lipinski definition) is 4. The Balaban J connectivity index is 1.64. The molecule has 0 aliphatic heterocycles. The topological polar surface area (TPSA) is 61.4 Å². The fraction of sp³-hybridized carbons (Fsp3) is 0.421. The van der Waals surface area contributed by atoms with Crippen LogP contribution in [0.25, 0.3) is 16.9 Å². The number of aryl methyl sites for hydroxylation is 1. The molecule has 3 aromatic rings. The van der Waals surface area contributed by atoms with E-state index in [0.717, 1.165) is 30.7 Å². The number of nitrogens with zero attached hydrogens (tertiary/aromatic N) is 4. The van der Waals surface area contributed by atoms with Gasteiger partial charge in [0.05, 0.1) is 23.5 Å². The smallest absolute Gasteiger partial charge is 0.310 e. The van der Waals surface area contributed by atoms with E-state index in [0.29, 0.717) is 28.9 Å². The van der Waals surface area contributed by atoms with Gasteiger partial charge in [-0.2, -0.15) is 5.10 Å². The normalized spacial score (nSPS) is 14.1. The number of fused-ring (bicyclic) bond motifs is 1. The third-order valence-corrected chi connectivity index (χ3v) is 4.95. The van der Waals surface area contributed by atoms with Gasteiger partial charge in [-0.25, -0.2) is 9.67 Å². The molecule has 0 bridgehead atoms. The Morgan fingerprint density at radius 3 is 2.92 bits per heavy atom. The summed E-state index contributed by atoms with van der Waals surface area (Å²) in [6.07, 6.45) is 7.71. The molecule has 1 aliphatic rings. The van der Waals surface area contributed by atoms with Gasteiger partial charge >= 0.3 is 5.56 Å². The van der Waals surface area contributed by atoms with Crippen molar-refractivity contribution in [2.45, 2.75) is 39.2 Å². The van der Waals surface area contributed by atoms with Gasteiger partial charge in [0, 0.05) is 12.1 Å². The second-order valence-electron chi connectivity index (χ2n) is 6.75. The van der Waals surface area contributed by atoms with Gasteiger partial charge in [0.25, 0.3) is 0 Å². The molecule has 7 heteroatoms. The van der Waals surface area contributed by atoms with Crippen LogP contribution >= 0.6 is 11.6 Å². The molecular formula is C19H21ClN4O2. The monoisotopic (exact) mass is 372 g/mol. The van der Waals surface area contributed by atoms with Crippen LogP contribution in [0.15, 0.2) is 35.5 Å². The third-order valence-electron chi connectivity index (χ3n) is 4.65. The SMILES string of the molecule is CCCCn1ncn2c(-c3ccc(OCC4CC4)c(Cl)c3)cnc2c1=O. The third kappa shape index (κ3) is 3.33. The molecule has 1 fully saturated rings. The zero-order chi connectivity index (χ0) is 18.1. The summed E-state index contributed by atoms with van der Waals surface area (Å²) in [5.41, 5.74) is 1.84. The maximum Gasteiger partial charge on any atom is 0.310 e. The molecule has 0 spiro atoms. The average molecular weight is 373 g/mol. The maximum absolute atomic E-state index is 12.5. The minimum absolute atomic E-state index is 0.178. The van der Waals surface area contributed by atoms with Crippen LogP contribution in [0.4, 0.5) is 0 Å². The summed E-state index contributed by atoms with van der Waals surface area (Å²) < 4.78 is 8.95. The number of imidazole rings is 1. The summed E-state index contributed by atoms with van der Waals surface area (Å²) in [5.74, 6) is 1.36. The summed E-state index contributed by atoms with van der Waals surface area (Å²) >= 11 is 6.38. The molecule has 0 radical (unpaired) electrons. The number of hydrogen-bond donors (Lipinski definition) is 0. The fourth-order valence-corrected chi connectivity index (χ4v) is 3.10.